The maximum Gasteiger partial charge on any atom is 0.256 e. The quantitative estimate of drug-likeness (QED) is 0.185. The van der Waals surface area contributed by atoms with E-state index < -0.39 is 11.4 Å². The Morgan fingerprint density at radius 3 is 2.89 bits per heavy atom. The molecule has 3 heterocycles. The topological polar surface area (TPSA) is 124 Å². The lowest BCUT2D eigenvalue weighted by Gasteiger charge is -2.32. The van der Waals surface area contributed by atoms with E-state index in [1.807, 2.05) is 40.9 Å². The summed E-state index contributed by atoms with van der Waals surface area (Å²) in [6.07, 6.45) is 11.8. The Labute approximate surface area is 226 Å². The second kappa shape index (κ2) is 12.2. The van der Waals surface area contributed by atoms with Crippen molar-refractivity contribution in [2.75, 3.05) is 12.3 Å². The van der Waals surface area contributed by atoms with E-state index in [-0.39, 0.29) is 11.9 Å². The molecule has 1 aliphatic heterocycles. The number of anilines is 1. The minimum Gasteiger partial charge on any atom is -0.593 e. The zero-order valence-electron chi connectivity index (χ0n) is 21.8. The number of fused-ring (bicyclic) bond motifs is 1. The van der Waals surface area contributed by atoms with Gasteiger partial charge in [0, 0.05) is 42.7 Å². The molecule has 1 saturated heterocycles. The van der Waals surface area contributed by atoms with E-state index in [0.717, 1.165) is 36.2 Å². The molecule has 3 N–H and O–H groups in total. The van der Waals surface area contributed by atoms with Crippen molar-refractivity contribution in [2.24, 2.45) is 4.99 Å². The number of allylic oxidation sites excluding steroid dienone is 1. The molecule has 2 unspecified atom stereocenters. The zero-order valence-corrected chi connectivity index (χ0v) is 22.6. The lowest BCUT2D eigenvalue weighted by molar-refractivity contribution is 0.0976. The first-order chi connectivity index (χ1) is 18.4. The van der Waals surface area contributed by atoms with Crippen molar-refractivity contribution in [1.29, 1.82) is 0 Å². The monoisotopic (exact) mass is 531 g/mol. The van der Waals surface area contributed by atoms with Crippen molar-refractivity contribution in [3.05, 3.63) is 84.5 Å². The fourth-order valence-electron chi connectivity index (χ4n) is 4.70. The summed E-state index contributed by atoms with van der Waals surface area (Å²) in [5.41, 5.74) is 9.91. The summed E-state index contributed by atoms with van der Waals surface area (Å²) in [5.74, 6) is 1.37. The Balaban J connectivity index is 1.74. The van der Waals surface area contributed by atoms with Crippen LogP contribution in [-0.2, 0) is 11.4 Å². The van der Waals surface area contributed by atoms with E-state index in [1.165, 1.54) is 5.41 Å². The molecule has 1 amide bonds. The van der Waals surface area contributed by atoms with Gasteiger partial charge in [0.1, 0.15) is 40.1 Å². The SMILES string of the molecule is C=CC/C(=N\C=C/C)NC(=O)c1ccc(-c2nc(C3CCCCN3[S+]([O-])C=C)n3ccnc(N)c23)c(C)c1. The zero-order chi connectivity index (χ0) is 27.2. The summed E-state index contributed by atoms with van der Waals surface area (Å²) in [4.78, 5) is 26.6. The molecule has 0 spiro atoms. The number of carbonyl (C=O) groups is 1. The van der Waals surface area contributed by atoms with Gasteiger partial charge in [-0.15, -0.1) is 10.9 Å². The van der Waals surface area contributed by atoms with E-state index in [4.69, 9.17) is 10.7 Å². The number of rotatable bonds is 8. The van der Waals surface area contributed by atoms with Gasteiger partial charge in [-0.3, -0.25) is 9.20 Å². The Bertz CT molecular complexity index is 1410. The molecule has 3 aromatic rings. The van der Waals surface area contributed by atoms with E-state index >= 15 is 0 Å². The van der Waals surface area contributed by atoms with Crippen molar-refractivity contribution in [3.8, 4) is 11.3 Å². The van der Waals surface area contributed by atoms with Gasteiger partial charge in [-0.05, 0) is 57.4 Å². The van der Waals surface area contributed by atoms with E-state index in [1.54, 1.807) is 30.6 Å². The first kappa shape index (κ1) is 27.3. The molecule has 1 aromatic carbocycles. The van der Waals surface area contributed by atoms with Crippen LogP contribution < -0.4 is 11.1 Å². The Hall–Kier alpha value is -3.73. The largest absolute Gasteiger partial charge is 0.593 e. The lowest BCUT2D eigenvalue weighted by Crippen LogP contribution is -2.38. The number of benzene rings is 1. The normalized spacial score (nSPS) is 17.6. The summed E-state index contributed by atoms with van der Waals surface area (Å²) < 4.78 is 16.6. The molecular weight excluding hydrogens is 498 g/mol. The first-order valence-corrected chi connectivity index (χ1v) is 13.7. The molecule has 2 aromatic heterocycles. The van der Waals surface area contributed by atoms with Crippen molar-refractivity contribution in [1.82, 2.24) is 24.0 Å². The van der Waals surface area contributed by atoms with Gasteiger partial charge >= 0.3 is 0 Å². The molecule has 1 fully saturated rings. The van der Waals surface area contributed by atoms with Crippen LogP contribution in [-0.4, -0.2) is 41.5 Å². The summed E-state index contributed by atoms with van der Waals surface area (Å²) in [5, 5.41) is 4.32. The van der Waals surface area contributed by atoms with Crippen LogP contribution in [0.3, 0.4) is 0 Å². The van der Waals surface area contributed by atoms with Gasteiger partial charge in [0.25, 0.3) is 5.91 Å². The summed E-state index contributed by atoms with van der Waals surface area (Å²) in [6.45, 7) is 11.9. The Morgan fingerprint density at radius 2 is 2.18 bits per heavy atom. The highest BCUT2D eigenvalue weighted by Gasteiger charge is 2.35. The van der Waals surface area contributed by atoms with Crippen molar-refractivity contribution < 1.29 is 9.35 Å². The second-order valence-corrected chi connectivity index (χ2v) is 10.3. The number of aromatic nitrogens is 3. The number of imidazole rings is 1. The molecular formula is C28H33N7O2S. The maximum absolute atomic E-state index is 13.0. The van der Waals surface area contributed by atoms with E-state index in [9.17, 15) is 9.35 Å². The fourth-order valence-corrected chi connectivity index (χ4v) is 5.65. The molecule has 0 saturated carbocycles. The summed E-state index contributed by atoms with van der Waals surface area (Å²) >= 11 is -1.32. The van der Waals surface area contributed by atoms with Gasteiger partial charge in [0.15, 0.2) is 0 Å². The average Bonchev–Trinajstić information content (AvgIpc) is 3.31. The van der Waals surface area contributed by atoms with Crippen molar-refractivity contribution >= 4 is 34.4 Å². The van der Waals surface area contributed by atoms with Crippen LogP contribution in [0.15, 0.2) is 72.5 Å². The van der Waals surface area contributed by atoms with Crippen LogP contribution >= 0.6 is 0 Å². The number of nitrogens with zero attached hydrogens (tertiary/aromatic N) is 5. The number of piperidine rings is 1. The molecule has 198 valence electrons. The van der Waals surface area contributed by atoms with Crippen molar-refractivity contribution in [2.45, 2.75) is 45.6 Å². The van der Waals surface area contributed by atoms with E-state index in [2.05, 4.69) is 28.5 Å². The molecule has 2 atom stereocenters. The molecule has 0 aliphatic carbocycles. The smallest absolute Gasteiger partial charge is 0.256 e. The van der Waals surface area contributed by atoms with Crippen LogP contribution in [0, 0.1) is 6.92 Å². The summed E-state index contributed by atoms with van der Waals surface area (Å²) in [6, 6.07) is 5.30. The molecule has 10 heteroatoms. The van der Waals surface area contributed by atoms with Crippen LogP contribution in [0.25, 0.3) is 16.8 Å². The third kappa shape index (κ3) is 5.57. The fraction of sp³-hybridized carbons (Fsp3) is 0.286. The van der Waals surface area contributed by atoms with Gasteiger partial charge in [0.05, 0.1) is 11.4 Å². The van der Waals surface area contributed by atoms with Crippen LogP contribution in [0.5, 0.6) is 0 Å². The third-order valence-corrected chi connectivity index (χ3v) is 7.64. The lowest BCUT2D eigenvalue weighted by atomic mass is 10.0. The molecule has 38 heavy (non-hydrogen) atoms. The number of carbonyl (C=O) groups excluding carboxylic acids is 1. The van der Waals surface area contributed by atoms with Gasteiger partial charge in [-0.1, -0.05) is 18.2 Å². The van der Waals surface area contributed by atoms with Gasteiger partial charge < -0.3 is 15.6 Å². The molecule has 0 radical (unpaired) electrons. The average molecular weight is 532 g/mol. The minimum atomic E-state index is -1.32. The van der Waals surface area contributed by atoms with Gasteiger partial charge in [-0.2, -0.15) is 0 Å². The van der Waals surface area contributed by atoms with Crippen molar-refractivity contribution in [3.63, 3.8) is 0 Å². The Morgan fingerprint density at radius 1 is 1.37 bits per heavy atom. The predicted octanol–water partition coefficient (Wildman–Crippen LogP) is 4.86. The summed E-state index contributed by atoms with van der Waals surface area (Å²) in [7, 11) is 0. The highest BCUT2D eigenvalue weighted by molar-refractivity contribution is 7.92. The third-order valence-electron chi connectivity index (χ3n) is 6.45. The minimum absolute atomic E-state index is 0.157. The number of nitrogen functional groups attached to an aromatic ring is 1. The molecule has 9 nitrogen and oxygen atoms in total. The second-order valence-electron chi connectivity index (χ2n) is 8.98. The standard InChI is InChI=1S/C28H33N7O2S/c1-5-10-23(30-14-6-2)32-28(36)20-12-13-21(19(4)18-20)24-25-26(29)31-15-17-34(25)27(33-24)22-11-8-9-16-35(22)38(37)7-3/h5-7,12-15,17-18,22H,1,3,8-11,16H2,2,4H3,(H2,29,31)(H,30,32,36)/b14-6-. The number of amides is 1. The number of nitrogens with one attached hydrogen (secondary N) is 1. The Kier molecular flexibility index (Phi) is 8.77. The molecule has 4 rings (SSSR count). The number of amidine groups is 1. The van der Waals surface area contributed by atoms with Crippen LogP contribution in [0.2, 0.25) is 0 Å². The predicted molar refractivity (Wildman–Crippen MR) is 154 cm³/mol. The highest BCUT2D eigenvalue weighted by atomic mass is 32.2. The highest BCUT2D eigenvalue weighted by Crippen LogP contribution is 2.38. The van der Waals surface area contributed by atoms with Crippen LogP contribution in [0.4, 0.5) is 5.82 Å². The van der Waals surface area contributed by atoms with E-state index in [0.29, 0.717) is 41.4 Å². The number of aryl methyl sites for hydroxylation is 1. The first-order valence-electron chi connectivity index (χ1n) is 12.5. The number of hydrogen-bond donors (Lipinski definition) is 2. The number of nitrogens with two attached hydrogens (primary N) is 1. The molecule has 0 bridgehead atoms. The van der Waals surface area contributed by atoms with Crippen LogP contribution in [0.1, 0.15) is 60.4 Å². The van der Waals surface area contributed by atoms with Gasteiger partial charge in [0.2, 0.25) is 0 Å². The number of hydrogen-bond acceptors (Lipinski definition) is 7. The maximum atomic E-state index is 13.0. The van der Waals surface area contributed by atoms with Gasteiger partial charge in [-0.25, -0.2) is 15.0 Å². The molecule has 1 aliphatic rings. The number of aliphatic imine (C=N–C) groups is 1.